The number of carbonyl (C=O) groups is 1. The van der Waals surface area contributed by atoms with Crippen LogP contribution in [0, 0.1) is 20.8 Å². The molecule has 0 unspecified atom stereocenters. The van der Waals surface area contributed by atoms with Crippen molar-refractivity contribution < 1.29 is 13.2 Å². The minimum atomic E-state index is -3.97. The number of benzene rings is 3. The van der Waals surface area contributed by atoms with E-state index in [0.29, 0.717) is 11.4 Å². The van der Waals surface area contributed by atoms with Crippen LogP contribution in [0.5, 0.6) is 0 Å². The maximum atomic E-state index is 13.7. The molecule has 0 bridgehead atoms. The summed E-state index contributed by atoms with van der Waals surface area (Å²) in [5.74, 6) is -0.423. The number of nitrogens with zero attached hydrogens (tertiary/aromatic N) is 2. The highest BCUT2D eigenvalue weighted by atomic mass is 32.2. The fraction of sp³-hybridized carbons (Fsp3) is 0.172. The van der Waals surface area contributed by atoms with E-state index in [1.807, 2.05) is 69.3 Å². The van der Waals surface area contributed by atoms with Crippen LogP contribution in [0.1, 0.15) is 27.8 Å². The zero-order valence-electron chi connectivity index (χ0n) is 20.6. The summed E-state index contributed by atoms with van der Waals surface area (Å²) < 4.78 is 28.5. The Bertz CT molecular complexity index is 1450. The van der Waals surface area contributed by atoms with Crippen molar-refractivity contribution in [3.8, 4) is 0 Å². The number of nitrogens with one attached hydrogen (secondary N) is 1. The third-order valence-electron chi connectivity index (χ3n) is 5.92. The first-order valence-corrected chi connectivity index (χ1v) is 13.1. The maximum Gasteiger partial charge on any atom is 0.264 e. The third-order valence-corrected chi connectivity index (χ3v) is 7.70. The van der Waals surface area contributed by atoms with Crippen molar-refractivity contribution in [2.24, 2.45) is 0 Å². The molecule has 0 radical (unpaired) electrons. The minimum Gasteiger partial charge on any atom is -0.325 e. The van der Waals surface area contributed by atoms with E-state index in [2.05, 4.69) is 10.3 Å². The number of sulfonamides is 1. The smallest absolute Gasteiger partial charge is 0.264 e. The normalized spacial score (nSPS) is 11.2. The second-order valence-corrected chi connectivity index (χ2v) is 10.8. The summed E-state index contributed by atoms with van der Waals surface area (Å²) in [4.78, 5) is 17.3. The van der Waals surface area contributed by atoms with Gasteiger partial charge in [-0.05, 0) is 91.9 Å². The van der Waals surface area contributed by atoms with Crippen molar-refractivity contribution in [2.45, 2.75) is 32.1 Å². The van der Waals surface area contributed by atoms with Gasteiger partial charge in [-0.1, -0.05) is 42.0 Å². The molecule has 6 nitrogen and oxygen atoms in total. The lowest BCUT2D eigenvalue weighted by molar-refractivity contribution is -0.114. The molecule has 1 N–H and O–H groups in total. The summed E-state index contributed by atoms with van der Waals surface area (Å²) in [6, 6.07) is 23.7. The summed E-state index contributed by atoms with van der Waals surface area (Å²) in [6.07, 6.45) is 4.28. The molecule has 184 valence electrons. The van der Waals surface area contributed by atoms with Gasteiger partial charge in [0.15, 0.2) is 0 Å². The van der Waals surface area contributed by atoms with Gasteiger partial charge in [0.1, 0.15) is 6.54 Å². The predicted octanol–water partition coefficient (Wildman–Crippen LogP) is 5.43. The molecule has 3 aromatic carbocycles. The molecule has 1 aromatic heterocycles. The number of aryl methyl sites for hydroxylation is 3. The Morgan fingerprint density at radius 3 is 2.08 bits per heavy atom. The van der Waals surface area contributed by atoms with Gasteiger partial charge in [-0.25, -0.2) is 8.42 Å². The molecule has 1 amide bonds. The van der Waals surface area contributed by atoms with E-state index in [0.717, 1.165) is 34.2 Å². The number of amides is 1. The fourth-order valence-electron chi connectivity index (χ4n) is 3.90. The van der Waals surface area contributed by atoms with Gasteiger partial charge in [-0.15, -0.1) is 0 Å². The van der Waals surface area contributed by atoms with Gasteiger partial charge in [0.25, 0.3) is 10.0 Å². The van der Waals surface area contributed by atoms with Crippen molar-refractivity contribution in [3.63, 3.8) is 0 Å². The second kappa shape index (κ2) is 10.7. The Hall–Kier alpha value is -3.97. The summed E-state index contributed by atoms with van der Waals surface area (Å²) >= 11 is 0. The quantitative estimate of drug-likeness (QED) is 0.351. The first kappa shape index (κ1) is 25.1. The van der Waals surface area contributed by atoms with Gasteiger partial charge in [-0.2, -0.15) is 0 Å². The number of anilines is 2. The van der Waals surface area contributed by atoms with Crippen LogP contribution >= 0.6 is 0 Å². The maximum absolute atomic E-state index is 13.7. The van der Waals surface area contributed by atoms with E-state index in [1.54, 1.807) is 42.7 Å². The van der Waals surface area contributed by atoms with Gasteiger partial charge >= 0.3 is 0 Å². The molecule has 0 spiro atoms. The van der Waals surface area contributed by atoms with E-state index < -0.39 is 15.9 Å². The summed E-state index contributed by atoms with van der Waals surface area (Å²) in [6.45, 7) is 5.28. The van der Waals surface area contributed by atoms with Crippen LogP contribution in [-0.2, 0) is 21.2 Å². The standard InChI is InChI=1S/C29H29N3O3S/c1-21-5-12-27(13-6-21)36(34,35)32(28-18-22(2)4-7-23(28)3)20-29(33)31-26-10-8-24(9-11-26)19-25-14-16-30-17-15-25/h4-18H,19-20H2,1-3H3,(H,31,33). The zero-order valence-corrected chi connectivity index (χ0v) is 21.4. The Kier molecular flexibility index (Phi) is 7.50. The third kappa shape index (κ3) is 5.98. The highest BCUT2D eigenvalue weighted by molar-refractivity contribution is 7.92. The highest BCUT2D eigenvalue weighted by Crippen LogP contribution is 2.28. The van der Waals surface area contributed by atoms with Gasteiger partial charge < -0.3 is 5.32 Å². The predicted molar refractivity (Wildman–Crippen MR) is 144 cm³/mol. The molecular weight excluding hydrogens is 470 g/mol. The SMILES string of the molecule is Cc1ccc(S(=O)(=O)N(CC(=O)Nc2ccc(Cc3ccncc3)cc2)c2cc(C)ccc2C)cc1. The number of aromatic nitrogens is 1. The molecule has 0 aliphatic carbocycles. The van der Waals surface area contributed by atoms with Crippen molar-refractivity contribution in [1.82, 2.24) is 4.98 Å². The van der Waals surface area contributed by atoms with Gasteiger partial charge in [0.2, 0.25) is 5.91 Å². The van der Waals surface area contributed by atoms with Crippen LogP contribution in [0.15, 0.2) is 96.2 Å². The fourth-order valence-corrected chi connectivity index (χ4v) is 5.38. The number of hydrogen-bond donors (Lipinski definition) is 1. The van der Waals surface area contributed by atoms with Gasteiger partial charge in [0.05, 0.1) is 10.6 Å². The molecule has 4 rings (SSSR count). The van der Waals surface area contributed by atoms with E-state index in [1.165, 1.54) is 4.31 Å². The summed E-state index contributed by atoms with van der Waals surface area (Å²) in [7, 11) is -3.97. The molecule has 1 heterocycles. The average molecular weight is 500 g/mol. The van der Waals surface area contributed by atoms with E-state index >= 15 is 0 Å². The van der Waals surface area contributed by atoms with Crippen LogP contribution in [0.3, 0.4) is 0 Å². The molecule has 0 fully saturated rings. The van der Waals surface area contributed by atoms with E-state index in [9.17, 15) is 13.2 Å². The molecule has 0 aliphatic heterocycles. The minimum absolute atomic E-state index is 0.141. The largest absolute Gasteiger partial charge is 0.325 e. The first-order valence-electron chi connectivity index (χ1n) is 11.7. The summed E-state index contributed by atoms with van der Waals surface area (Å²) in [5, 5.41) is 2.84. The van der Waals surface area contributed by atoms with Gasteiger partial charge in [-0.3, -0.25) is 14.1 Å². The van der Waals surface area contributed by atoms with Crippen LogP contribution in [0.25, 0.3) is 0 Å². The van der Waals surface area contributed by atoms with Crippen molar-refractivity contribution in [2.75, 3.05) is 16.2 Å². The van der Waals surface area contributed by atoms with Crippen LogP contribution in [-0.4, -0.2) is 25.9 Å². The lowest BCUT2D eigenvalue weighted by Gasteiger charge is -2.26. The first-order chi connectivity index (χ1) is 17.2. The Morgan fingerprint density at radius 2 is 1.42 bits per heavy atom. The molecular formula is C29H29N3O3S. The van der Waals surface area contributed by atoms with Crippen molar-refractivity contribution in [3.05, 3.63) is 119 Å². The van der Waals surface area contributed by atoms with Crippen LogP contribution in [0.4, 0.5) is 11.4 Å². The second-order valence-electron chi connectivity index (χ2n) is 8.89. The molecule has 0 atom stereocenters. The highest BCUT2D eigenvalue weighted by Gasteiger charge is 2.28. The zero-order chi connectivity index (χ0) is 25.7. The number of hydrogen-bond acceptors (Lipinski definition) is 4. The van der Waals surface area contributed by atoms with Crippen molar-refractivity contribution >= 4 is 27.3 Å². The van der Waals surface area contributed by atoms with Crippen LogP contribution < -0.4 is 9.62 Å². The molecule has 36 heavy (non-hydrogen) atoms. The Morgan fingerprint density at radius 1 is 0.806 bits per heavy atom. The lowest BCUT2D eigenvalue weighted by Crippen LogP contribution is -2.38. The lowest BCUT2D eigenvalue weighted by atomic mass is 10.1. The molecule has 4 aromatic rings. The summed E-state index contributed by atoms with van der Waals surface area (Å²) in [5.41, 5.74) is 5.96. The monoisotopic (exact) mass is 499 g/mol. The molecule has 0 saturated heterocycles. The average Bonchev–Trinajstić information content (AvgIpc) is 2.86. The number of rotatable bonds is 8. The molecule has 7 heteroatoms. The van der Waals surface area contributed by atoms with E-state index in [4.69, 9.17) is 0 Å². The Labute approximate surface area is 212 Å². The topological polar surface area (TPSA) is 79.4 Å². The number of pyridine rings is 1. The van der Waals surface area contributed by atoms with Gasteiger partial charge in [0, 0.05) is 18.1 Å². The number of carbonyl (C=O) groups excluding carboxylic acids is 1. The van der Waals surface area contributed by atoms with Crippen molar-refractivity contribution in [1.29, 1.82) is 0 Å². The van der Waals surface area contributed by atoms with E-state index in [-0.39, 0.29) is 11.4 Å². The Balaban J connectivity index is 1.56. The molecule has 0 saturated carbocycles. The van der Waals surface area contributed by atoms with Crippen LogP contribution in [0.2, 0.25) is 0 Å². The molecule has 0 aliphatic rings.